The van der Waals surface area contributed by atoms with Gasteiger partial charge in [-0.2, -0.15) is 0 Å². The zero-order valence-corrected chi connectivity index (χ0v) is 10.2. The Morgan fingerprint density at radius 2 is 1.93 bits per heavy atom. The average Bonchev–Trinajstić information content (AvgIpc) is 2.18. The lowest BCUT2D eigenvalue weighted by Crippen LogP contribution is -2.39. The van der Waals surface area contributed by atoms with Crippen LogP contribution < -0.4 is 0 Å². The fourth-order valence-corrected chi connectivity index (χ4v) is 1.77. The first-order valence-corrected chi connectivity index (χ1v) is 5.52. The van der Waals surface area contributed by atoms with E-state index in [9.17, 15) is 0 Å². The molecule has 0 aromatic heterocycles. The quantitative estimate of drug-likeness (QED) is 0.510. The fourth-order valence-electron chi connectivity index (χ4n) is 1.77. The van der Waals surface area contributed by atoms with Crippen molar-refractivity contribution in [1.82, 2.24) is 0 Å². The van der Waals surface area contributed by atoms with Crippen LogP contribution >= 0.6 is 0 Å². The molecule has 0 aliphatic carbocycles. The Morgan fingerprint density at radius 3 is 2.53 bits per heavy atom. The Morgan fingerprint density at radius 1 is 1.27 bits per heavy atom. The number of quaternary nitrogens is 1. The Bertz CT molecular complexity index is 326. The van der Waals surface area contributed by atoms with Crippen LogP contribution in [0.4, 0.5) is 0 Å². The van der Waals surface area contributed by atoms with E-state index in [1.165, 1.54) is 11.1 Å². The lowest BCUT2D eigenvalue weighted by atomic mass is 10.1. The first-order valence-electron chi connectivity index (χ1n) is 5.52. The fraction of sp³-hybridized carbons (Fsp3) is 0.429. The van der Waals surface area contributed by atoms with E-state index in [-0.39, 0.29) is 0 Å². The molecule has 0 heterocycles. The topological polar surface area (TPSA) is 0 Å². The zero-order valence-electron chi connectivity index (χ0n) is 10.2. The Labute approximate surface area is 93.6 Å². The number of benzene rings is 1. The highest BCUT2D eigenvalue weighted by Gasteiger charge is 2.15. The molecular weight excluding hydrogens is 182 g/mol. The molecule has 0 unspecified atom stereocenters. The first kappa shape index (κ1) is 12.0. The standard InChI is InChI=1S/C14H22N/c1-5-6-11-15(3,4)12-14-10-8-7-9-13(14)2/h5,7-10H,1,6,11-12H2,2-4H3/q+1. The maximum atomic E-state index is 3.78. The number of hydrogen-bond donors (Lipinski definition) is 0. The Kier molecular flexibility index (Phi) is 4.10. The van der Waals surface area contributed by atoms with Gasteiger partial charge in [-0.15, -0.1) is 6.58 Å². The van der Waals surface area contributed by atoms with Crippen molar-refractivity contribution >= 4 is 0 Å². The summed E-state index contributed by atoms with van der Waals surface area (Å²) in [5.74, 6) is 0. The van der Waals surface area contributed by atoms with Crippen LogP contribution in [0.3, 0.4) is 0 Å². The number of rotatable bonds is 5. The summed E-state index contributed by atoms with van der Waals surface area (Å²) >= 11 is 0. The third kappa shape index (κ3) is 3.88. The van der Waals surface area contributed by atoms with Gasteiger partial charge in [0.15, 0.2) is 0 Å². The summed E-state index contributed by atoms with van der Waals surface area (Å²) in [4.78, 5) is 0. The van der Waals surface area contributed by atoms with E-state index in [1.54, 1.807) is 0 Å². The molecule has 0 atom stereocenters. The number of hydrogen-bond acceptors (Lipinski definition) is 0. The molecule has 0 bridgehead atoms. The molecule has 0 saturated carbocycles. The van der Waals surface area contributed by atoms with Gasteiger partial charge in [0.1, 0.15) is 6.54 Å². The van der Waals surface area contributed by atoms with E-state index >= 15 is 0 Å². The molecule has 0 aliphatic rings. The van der Waals surface area contributed by atoms with Crippen molar-refractivity contribution in [3.8, 4) is 0 Å². The lowest BCUT2D eigenvalue weighted by molar-refractivity contribution is -0.903. The van der Waals surface area contributed by atoms with Crippen LogP contribution in [0, 0.1) is 6.92 Å². The van der Waals surface area contributed by atoms with Crippen molar-refractivity contribution in [2.75, 3.05) is 20.6 Å². The highest BCUT2D eigenvalue weighted by Crippen LogP contribution is 2.13. The smallest absolute Gasteiger partial charge is 0.104 e. The van der Waals surface area contributed by atoms with E-state index in [0.717, 1.165) is 24.0 Å². The molecule has 0 saturated heterocycles. The van der Waals surface area contributed by atoms with Crippen LogP contribution in [0.25, 0.3) is 0 Å². The van der Waals surface area contributed by atoms with Crippen LogP contribution in [0.15, 0.2) is 36.9 Å². The maximum Gasteiger partial charge on any atom is 0.104 e. The monoisotopic (exact) mass is 204 g/mol. The second-order valence-corrected chi connectivity index (χ2v) is 4.82. The molecule has 0 aliphatic heterocycles. The molecule has 1 aromatic carbocycles. The average molecular weight is 204 g/mol. The van der Waals surface area contributed by atoms with Crippen LogP contribution in [0.1, 0.15) is 17.5 Å². The summed E-state index contributed by atoms with van der Waals surface area (Å²) in [6.45, 7) is 8.21. The number of aryl methyl sites for hydroxylation is 1. The van der Waals surface area contributed by atoms with Gasteiger partial charge >= 0.3 is 0 Å². The van der Waals surface area contributed by atoms with E-state index in [0.29, 0.717) is 0 Å². The molecule has 1 heteroatoms. The van der Waals surface area contributed by atoms with Gasteiger partial charge in [-0.1, -0.05) is 30.3 Å². The van der Waals surface area contributed by atoms with E-state index in [4.69, 9.17) is 0 Å². The molecule has 0 radical (unpaired) electrons. The van der Waals surface area contributed by atoms with Crippen LogP contribution in [-0.2, 0) is 6.54 Å². The first-order chi connectivity index (χ1) is 7.05. The van der Waals surface area contributed by atoms with Crippen molar-refractivity contribution in [2.24, 2.45) is 0 Å². The molecule has 1 aromatic rings. The van der Waals surface area contributed by atoms with Crippen LogP contribution in [0.5, 0.6) is 0 Å². The van der Waals surface area contributed by atoms with Gasteiger partial charge < -0.3 is 4.48 Å². The second-order valence-electron chi connectivity index (χ2n) is 4.82. The summed E-state index contributed by atoms with van der Waals surface area (Å²) in [6, 6.07) is 8.63. The molecule has 15 heavy (non-hydrogen) atoms. The van der Waals surface area contributed by atoms with Gasteiger partial charge in [0.05, 0.1) is 20.6 Å². The van der Waals surface area contributed by atoms with Crippen molar-refractivity contribution in [1.29, 1.82) is 0 Å². The van der Waals surface area contributed by atoms with Crippen molar-refractivity contribution in [3.63, 3.8) is 0 Å². The third-order valence-corrected chi connectivity index (χ3v) is 2.80. The summed E-state index contributed by atoms with van der Waals surface area (Å²) in [7, 11) is 4.55. The Balaban J connectivity index is 2.68. The van der Waals surface area contributed by atoms with Gasteiger partial charge in [-0.3, -0.25) is 0 Å². The van der Waals surface area contributed by atoms with Crippen molar-refractivity contribution in [3.05, 3.63) is 48.0 Å². The molecule has 82 valence electrons. The predicted octanol–water partition coefficient (Wildman–Crippen LogP) is 3.15. The third-order valence-electron chi connectivity index (χ3n) is 2.80. The second kappa shape index (κ2) is 5.13. The molecule has 0 fully saturated rings. The number of nitrogens with zero attached hydrogens (tertiary/aromatic N) is 1. The SMILES string of the molecule is C=CCC[N+](C)(C)Cc1ccccc1C. The van der Waals surface area contributed by atoms with Gasteiger partial charge in [-0.05, 0) is 12.5 Å². The van der Waals surface area contributed by atoms with E-state index in [2.05, 4.69) is 51.9 Å². The van der Waals surface area contributed by atoms with Gasteiger partial charge in [-0.25, -0.2) is 0 Å². The molecule has 0 amide bonds. The zero-order chi connectivity index (χ0) is 11.3. The summed E-state index contributed by atoms with van der Waals surface area (Å²) < 4.78 is 1.02. The van der Waals surface area contributed by atoms with E-state index in [1.807, 2.05) is 6.08 Å². The van der Waals surface area contributed by atoms with Crippen molar-refractivity contribution < 1.29 is 4.48 Å². The van der Waals surface area contributed by atoms with Crippen LogP contribution in [-0.4, -0.2) is 25.1 Å². The minimum atomic E-state index is 1.02. The molecular formula is C14H22N+. The minimum Gasteiger partial charge on any atom is -0.324 e. The predicted molar refractivity (Wildman–Crippen MR) is 66.7 cm³/mol. The highest BCUT2D eigenvalue weighted by atomic mass is 15.3. The largest absolute Gasteiger partial charge is 0.324 e. The van der Waals surface area contributed by atoms with Crippen LogP contribution in [0.2, 0.25) is 0 Å². The van der Waals surface area contributed by atoms with Gasteiger partial charge in [0.2, 0.25) is 0 Å². The molecule has 1 nitrogen and oxygen atoms in total. The molecule has 0 spiro atoms. The Hall–Kier alpha value is -1.08. The molecule has 1 rings (SSSR count). The maximum absolute atomic E-state index is 3.78. The minimum absolute atomic E-state index is 1.02. The summed E-state index contributed by atoms with van der Waals surface area (Å²) in [5, 5.41) is 0. The lowest BCUT2D eigenvalue weighted by Gasteiger charge is -2.30. The van der Waals surface area contributed by atoms with Crippen molar-refractivity contribution in [2.45, 2.75) is 19.9 Å². The highest BCUT2D eigenvalue weighted by molar-refractivity contribution is 5.24. The normalized spacial score (nSPS) is 11.4. The van der Waals surface area contributed by atoms with E-state index < -0.39 is 0 Å². The summed E-state index contributed by atoms with van der Waals surface area (Å²) in [5.41, 5.74) is 2.84. The van der Waals surface area contributed by atoms with Gasteiger partial charge in [0.25, 0.3) is 0 Å². The summed E-state index contributed by atoms with van der Waals surface area (Å²) in [6.07, 6.45) is 3.08. The molecule has 0 N–H and O–H groups in total. The van der Waals surface area contributed by atoms with Gasteiger partial charge in [0, 0.05) is 12.0 Å².